The molecule has 0 unspecified atom stereocenters. The zero-order valence-electron chi connectivity index (χ0n) is 19.8. The molecule has 3 aromatic heterocycles. The molecule has 7 rings (SSSR count). The lowest BCUT2D eigenvalue weighted by molar-refractivity contribution is 0.908. The van der Waals surface area contributed by atoms with Gasteiger partial charge in [0.05, 0.1) is 16.6 Å². The van der Waals surface area contributed by atoms with Gasteiger partial charge in [0.15, 0.2) is 5.65 Å². The summed E-state index contributed by atoms with van der Waals surface area (Å²) in [7, 11) is 0. The van der Waals surface area contributed by atoms with Crippen LogP contribution >= 0.6 is 11.6 Å². The molecule has 4 aromatic carbocycles. The van der Waals surface area contributed by atoms with Gasteiger partial charge in [-0.25, -0.2) is 18.9 Å². The average molecular weight is 516 g/mol. The summed E-state index contributed by atoms with van der Waals surface area (Å²) < 4.78 is 2.88. The lowest BCUT2D eigenvalue weighted by atomic mass is 9.94. The number of hydrogen-bond acceptors (Lipinski definition) is 4. The van der Waals surface area contributed by atoms with Crippen LogP contribution in [0.4, 0.5) is 0 Å². The molecule has 38 heavy (non-hydrogen) atoms. The van der Waals surface area contributed by atoms with E-state index in [1.54, 1.807) is 22.7 Å². The van der Waals surface area contributed by atoms with Crippen molar-refractivity contribution in [3.63, 3.8) is 0 Å². The first-order valence-electron chi connectivity index (χ1n) is 11.9. The molecular formula is C30H18ClN5O2. The lowest BCUT2D eigenvalue weighted by Gasteiger charge is -2.14. The monoisotopic (exact) mass is 515 g/mol. The highest BCUT2D eigenvalue weighted by atomic mass is 35.5. The van der Waals surface area contributed by atoms with Crippen LogP contribution in [0.5, 0.6) is 0 Å². The minimum atomic E-state index is -0.507. The molecule has 7 aromatic rings. The molecule has 1 N–H and O–H groups in total. The van der Waals surface area contributed by atoms with Gasteiger partial charge in [0.25, 0.3) is 5.56 Å². The van der Waals surface area contributed by atoms with Gasteiger partial charge in [-0.2, -0.15) is 5.10 Å². The number of aromatic amines is 1. The van der Waals surface area contributed by atoms with Crippen molar-refractivity contribution in [3.8, 4) is 27.9 Å². The normalized spacial score (nSPS) is 11.5. The van der Waals surface area contributed by atoms with Crippen molar-refractivity contribution in [2.45, 2.75) is 0 Å². The van der Waals surface area contributed by atoms with Crippen molar-refractivity contribution in [1.29, 1.82) is 0 Å². The molecular weight excluding hydrogens is 498 g/mol. The molecule has 0 aliphatic rings. The fourth-order valence-corrected chi connectivity index (χ4v) is 5.32. The Hall–Kier alpha value is -5.01. The van der Waals surface area contributed by atoms with Crippen LogP contribution in [0.15, 0.2) is 113 Å². The second kappa shape index (κ2) is 8.54. The van der Waals surface area contributed by atoms with Gasteiger partial charge >= 0.3 is 5.69 Å². The first-order valence-corrected chi connectivity index (χ1v) is 12.3. The maximum atomic E-state index is 13.6. The fourth-order valence-electron chi connectivity index (χ4n) is 5.04. The Labute approximate surface area is 220 Å². The van der Waals surface area contributed by atoms with Crippen LogP contribution in [0.3, 0.4) is 0 Å². The molecule has 182 valence electrons. The maximum Gasteiger partial charge on any atom is 0.333 e. The molecule has 0 aliphatic carbocycles. The van der Waals surface area contributed by atoms with Crippen LogP contribution in [0.2, 0.25) is 5.02 Å². The number of pyridine rings is 1. The Balaban J connectivity index is 1.42. The van der Waals surface area contributed by atoms with E-state index < -0.39 is 5.69 Å². The molecule has 0 spiro atoms. The predicted molar refractivity (Wildman–Crippen MR) is 150 cm³/mol. The highest BCUT2D eigenvalue weighted by Crippen LogP contribution is 2.38. The third kappa shape index (κ3) is 3.44. The van der Waals surface area contributed by atoms with Crippen LogP contribution in [0, 0.1) is 0 Å². The number of fused-ring (bicyclic) bond motifs is 3. The van der Waals surface area contributed by atoms with Crippen LogP contribution in [0.25, 0.3) is 55.3 Å². The zero-order chi connectivity index (χ0) is 25.8. The summed E-state index contributed by atoms with van der Waals surface area (Å²) in [4.78, 5) is 34.1. The van der Waals surface area contributed by atoms with Gasteiger partial charge in [-0.3, -0.25) is 4.79 Å². The summed E-state index contributed by atoms with van der Waals surface area (Å²) in [6.07, 6.45) is 3.35. The Morgan fingerprint density at radius 3 is 2.55 bits per heavy atom. The van der Waals surface area contributed by atoms with E-state index in [0.29, 0.717) is 27.3 Å². The van der Waals surface area contributed by atoms with Crippen LogP contribution in [0.1, 0.15) is 0 Å². The summed E-state index contributed by atoms with van der Waals surface area (Å²) in [6.45, 7) is 0. The van der Waals surface area contributed by atoms with E-state index in [9.17, 15) is 9.59 Å². The molecule has 0 fully saturated rings. The first kappa shape index (κ1) is 22.2. The molecule has 0 bridgehead atoms. The summed E-state index contributed by atoms with van der Waals surface area (Å²) in [5.74, 6) is 0. The molecule has 0 saturated carbocycles. The first-order chi connectivity index (χ1) is 18.6. The zero-order valence-corrected chi connectivity index (χ0v) is 20.6. The van der Waals surface area contributed by atoms with E-state index in [-0.39, 0.29) is 5.56 Å². The average Bonchev–Trinajstić information content (AvgIpc) is 3.41. The quantitative estimate of drug-likeness (QED) is 0.319. The molecule has 3 heterocycles. The number of halogens is 1. The van der Waals surface area contributed by atoms with Crippen molar-refractivity contribution in [2.24, 2.45) is 0 Å². The van der Waals surface area contributed by atoms with Gasteiger partial charge in [0, 0.05) is 22.2 Å². The van der Waals surface area contributed by atoms with E-state index in [2.05, 4.69) is 15.1 Å². The molecule has 0 radical (unpaired) electrons. The van der Waals surface area contributed by atoms with Crippen LogP contribution in [-0.4, -0.2) is 24.1 Å². The minimum absolute atomic E-state index is 0.386. The minimum Gasteiger partial charge on any atom is -0.306 e. The van der Waals surface area contributed by atoms with Crippen molar-refractivity contribution >= 4 is 38.9 Å². The Morgan fingerprint density at radius 2 is 1.63 bits per heavy atom. The van der Waals surface area contributed by atoms with Crippen molar-refractivity contribution in [3.05, 3.63) is 129 Å². The number of nitrogens with one attached hydrogen (secondary N) is 1. The topological polar surface area (TPSA) is 85.1 Å². The largest absolute Gasteiger partial charge is 0.333 e. The fraction of sp³-hybridized carbons (Fsp3) is 0. The predicted octanol–water partition coefficient (Wildman–Crippen LogP) is 5.86. The number of H-pyrrole nitrogens is 1. The molecule has 7 nitrogen and oxygen atoms in total. The summed E-state index contributed by atoms with van der Waals surface area (Å²) >= 11 is 6.71. The number of aromatic nitrogens is 5. The van der Waals surface area contributed by atoms with Gasteiger partial charge < -0.3 is 4.98 Å². The molecule has 0 amide bonds. The van der Waals surface area contributed by atoms with Crippen molar-refractivity contribution in [2.75, 3.05) is 0 Å². The Morgan fingerprint density at radius 1 is 0.789 bits per heavy atom. The SMILES string of the molecule is O=c1[nH]c2cc(-c3c(Cl)cccc3-c3ccn4ncnc4c3)ccc2c(=O)n1-c1cccc2ccccc12. The second-order valence-electron chi connectivity index (χ2n) is 8.97. The van der Waals surface area contributed by atoms with Gasteiger partial charge in [-0.15, -0.1) is 0 Å². The van der Waals surface area contributed by atoms with Crippen molar-refractivity contribution in [1.82, 2.24) is 24.1 Å². The van der Waals surface area contributed by atoms with Crippen molar-refractivity contribution < 1.29 is 0 Å². The lowest BCUT2D eigenvalue weighted by Crippen LogP contribution is -2.33. The third-order valence-electron chi connectivity index (χ3n) is 6.80. The van der Waals surface area contributed by atoms with E-state index in [1.807, 2.05) is 79.0 Å². The van der Waals surface area contributed by atoms with Gasteiger partial charge in [0.2, 0.25) is 0 Å². The van der Waals surface area contributed by atoms with E-state index in [4.69, 9.17) is 11.6 Å². The van der Waals surface area contributed by atoms with E-state index in [1.165, 1.54) is 10.9 Å². The molecule has 0 aliphatic heterocycles. The number of hydrogen-bond donors (Lipinski definition) is 1. The van der Waals surface area contributed by atoms with Crippen LogP contribution < -0.4 is 11.2 Å². The van der Waals surface area contributed by atoms with Gasteiger partial charge in [-0.1, -0.05) is 66.2 Å². The van der Waals surface area contributed by atoms with E-state index in [0.717, 1.165) is 33.0 Å². The summed E-state index contributed by atoms with van der Waals surface area (Å²) in [6, 6.07) is 28.2. The smallest absolute Gasteiger partial charge is 0.306 e. The number of nitrogens with zero attached hydrogens (tertiary/aromatic N) is 4. The standard InChI is InChI=1S/C30H18ClN5O2/c31-24-9-4-8-22(19-13-14-35-27(16-19)32-17-33-35)28(24)20-11-12-23-25(15-20)34-30(38)36(29(23)37)26-10-3-6-18-5-1-2-7-21(18)26/h1-17H,(H,34,38). The molecule has 0 atom stereocenters. The van der Waals surface area contributed by atoms with E-state index >= 15 is 0 Å². The second-order valence-corrected chi connectivity index (χ2v) is 9.38. The highest BCUT2D eigenvalue weighted by molar-refractivity contribution is 6.34. The molecule has 8 heteroatoms. The van der Waals surface area contributed by atoms with Crippen LogP contribution in [-0.2, 0) is 0 Å². The van der Waals surface area contributed by atoms with Gasteiger partial charge in [0.1, 0.15) is 6.33 Å². The highest BCUT2D eigenvalue weighted by Gasteiger charge is 2.16. The maximum absolute atomic E-state index is 13.6. The third-order valence-corrected chi connectivity index (χ3v) is 7.11. The Kier molecular flexibility index (Phi) is 4.99. The molecule has 0 saturated heterocycles. The summed E-state index contributed by atoms with van der Waals surface area (Å²) in [5, 5.41) is 6.88. The Bertz CT molecular complexity index is 2150. The number of benzene rings is 4. The number of rotatable bonds is 3. The summed E-state index contributed by atoms with van der Waals surface area (Å²) in [5.41, 5.74) is 4.18. The van der Waals surface area contributed by atoms with Gasteiger partial charge in [-0.05, 0) is 58.5 Å².